The van der Waals surface area contributed by atoms with Crippen molar-refractivity contribution >= 4 is 0 Å². The summed E-state index contributed by atoms with van der Waals surface area (Å²) in [6.45, 7) is 5.36. The second kappa shape index (κ2) is 7.38. The van der Waals surface area contributed by atoms with E-state index in [1.807, 2.05) is 0 Å². The van der Waals surface area contributed by atoms with Crippen LogP contribution < -0.4 is 5.32 Å². The number of methoxy groups -OCH3 is 1. The Morgan fingerprint density at radius 1 is 1.24 bits per heavy atom. The quantitative estimate of drug-likeness (QED) is 0.706. The van der Waals surface area contributed by atoms with Gasteiger partial charge < -0.3 is 19.4 Å². The maximum absolute atomic E-state index is 5.54. The van der Waals surface area contributed by atoms with Crippen LogP contribution in [0.25, 0.3) is 0 Å². The van der Waals surface area contributed by atoms with E-state index in [-0.39, 0.29) is 0 Å². The number of ether oxygens (including phenoxy) is 2. The first-order valence-corrected chi connectivity index (χ1v) is 8.25. The highest BCUT2D eigenvalue weighted by Crippen LogP contribution is 2.40. The molecule has 2 aliphatic rings. The highest BCUT2D eigenvalue weighted by atomic mass is 16.5. The Labute approximate surface area is 127 Å². The monoisotopic (exact) mass is 293 g/mol. The Balaban J connectivity index is 1.51. The maximum Gasteiger partial charge on any atom is 0.112 e. The number of hydrogen-bond acceptors (Lipinski definition) is 4. The number of unbranched alkanes of at least 4 members (excludes halogenated alkanes) is 1. The minimum absolute atomic E-state index is 0.688. The fraction of sp³-hybridized carbons (Fsp3) is 0.812. The third-order valence-electron chi connectivity index (χ3n) is 4.31. The standard InChI is InChI=1S/C16H27N3O2/c1-20-10-11-21-9-3-2-8-19-15-6-7-17-12-14(15)18-16(19)13-4-5-13/h13,17H,2-12H2,1H3. The number of fused-ring (bicyclic) bond motifs is 1. The Morgan fingerprint density at radius 2 is 2.14 bits per heavy atom. The summed E-state index contributed by atoms with van der Waals surface area (Å²) in [5, 5.41) is 3.43. The summed E-state index contributed by atoms with van der Waals surface area (Å²) in [4.78, 5) is 4.90. The normalized spacial score (nSPS) is 18.0. The van der Waals surface area contributed by atoms with Gasteiger partial charge in [-0.25, -0.2) is 4.98 Å². The third kappa shape index (κ3) is 3.84. The van der Waals surface area contributed by atoms with Crippen LogP contribution in [0.2, 0.25) is 0 Å². The number of hydrogen-bond donors (Lipinski definition) is 1. The van der Waals surface area contributed by atoms with E-state index in [1.54, 1.807) is 7.11 Å². The van der Waals surface area contributed by atoms with Gasteiger partial charge in [0.2, 0.25) is 0 Å². The summed E-state index contributed by atoms with van der Waals surface area (Å²) in [7, 11) is 1.71. The molecule has 5 heteroatoms. The van der Waals surface area contributed by atoms with Gasteiger partial charge in [0.25, 0.3) is 0 Å². The fourth-order valence-corrected chi connectivity index (χ4v) is 3.01. The molecular formula is C16H27N3O2. The second-order valence-corrected chi connectivity index (χ2v) is 6.03. The Bertz CT molecular complexity index is 455. The number of nitrogens with zero attached hydrogens (tertiary/aromatic N) is 2. The molecule has 3 rings (SSSR count). The van der Waals surface area contributed by atoms with Gasteiger partial charge in [0.05, 0.1) is 18.9 Å². The first-order valence-electron chi connectivity index (χ1n) is 8.25. The topological polar surface area (TPSA) is 48.3 Å². The fourth-order valence-electron chi connectivity index (χ4n) is 3.01. The molecular weight excluding hydrogens is 266 g/mol. The lowest BCUT2D eigenvalue weighted by atomic mass is 10.2. The summed E-state index contributed by atoms with van der Waals surface area (Å²) in [5.41, 5.74) is 2.77. The summed E-state index contributed by atoms with van der Waals surface area (Å²) < 4.78 is 13.0. The van der Waals surface area contributed by atoms with Gasteiger partial charge in [0.1, 0.15) is 5.82 Å². The van der Waals surface area contributed by atoms with Crippen LogP contribution in [-0.2, 0) is 29.0 Å². The minimum atomic E-state index is 0.688. The molecule has 0 saturated heterocycles. The van der Waals surface area contributed by atoms with Crippen molar-refractivity contribution in [2.75, 3.05) is 33.5 Å². The van der Waals surface area contributed by atoms with Crippen molar-refractivity contribution in [2.24, 2.45) is 0 Å². The van der Waals surface area contributed by atoms with Crippen molar-refractivity contribution in [3.63, 3.8) is 0 Å². The SMILES string of the molecule is COCCOCCCCn1c(C2CC2)nc2c1CCNC2. The van der Waals surface area contributed by atoms with E-state index in [9.17, 15) is 0 Å². The Hall–Kier alpha value is -0.910. The molecule has 0 aromatic carbocycles. The molecule has 1 aliphatic carbocycles. The van der Waals surface area contributed by atoms with Crippen LogP contribution in [-0.4, -0.2) is 43.0 Å². The van der Waals surface area contributed by atoms with Crippen LogP contribution >= 0.6 is 0 Å². The van der Waals surface area contributed by atoms with E-state index in [2.05, 4.69) is 9.88 Å². The van der Waals surface area contributed by atoms with Gasteiger partial charge in [0, 0.05) is 51.4 Å². The van der Waals surface area contributed by atoms with Gasteiger partial charge in [-0.15, -0.1) is 0 Å². The predicted molar refractivity (Wildman–Crippen MR) is 81.5 cm³/mol. The molecule has 5 nitrogen and oxygen atoms in total. The zero-order chi connectivity index (χ0) is 14.5. The van der Waals surface area contributed by atoms with Crippen LogP contribution in [0.5, 0.6) is 0 Å². The lowest BCUT2D eigenvalue weighted by molar-refractivity contribution is 0.0684. The molecule has 1 fully saturated rings. The third-order valence-corrected chi connectivity index (χ3v) is 4.31. The molecule has 0 radical (unpaired) electrons. The molecule has 0 unspecified atom stereocenters. The zero-order valence-electron chi connectivity index (χ0n) is 13.1. The summed E-state index contributed by atoms with van der Waals surface area (Å²) >= 11 is 0. The molecule has 0 amide bonds. The second-order valence-electron chi connectivity index (χ2n) is 6.03. The summed E-state index contributed by atoms with van der Waals surface area (Å²) in [6.07, 6.45) is 6.05. The molecule has 118 valence electrons. The highest BCUT2D eigenvalue weighted by molar-refractivity contribution is 5.24. The van der Waals surface area contributed by atoms with Gasteiger partial charge in [-0.3, -0.25) is 0 Å². The number of rotatable bonds is 9. The smallest absolute Gasteiger partial charge is 0.112 e. The molecule has 1 N–H and O–H groups in total. The number of imidazole rings is 1. The highest BCUT2D eigenvalue weighted by Gasteiger charge is 2.31. The first kappa shape index (κ1) is 15.0. The average molecular weight is 293 g/mol. The summed E-state index contributed by atoms with van der Waals surface area (Å²) in [6, 6.07) is 0. The van der Waals surface area contributed by atoms with Gasteiger partial charge in [-0.2, -0.15) is 0 Å². The lowest BCUT2D eigenvalue weighted by Crippen LogP contribution is -2.25. The Morgan fingerprint density at radius 3 is 2.95 bits per heavy atom. The molecule has 21 heavy (non-hydrogen) atoms. The first-order chi connectivity index (χ1) is 10.4. The number of aromatic nitrogens is 2. The van der Waals surface area contributed by atoms with Gasteiger partial charge >= 0.3 is 0 Å². The summed E-state index contributed by atoms with van der Waals surface area (Å²) in [5.74, 6) is 2.08. The molecule has 1 aromatic heterocycles. The van der Waals surface area contributed by atoms with E-state index in [0.717, 1.165) is 45.0 Å². The zero-order valence-corrected chi connectivity index (χ0v) is 13.1. The van der Waals surface area contributed by atoms with Crippen molar-refractivity contribution in [2.45, 2.75) is 51.1 Å². The van der Waals surface area contributed by atoms with Crippen LogP contribution in [0.4, 0.5) is 0 Å². The van der Waals surface area contributed by atoms with Crippen LogP contribution in [0.3, 0.4) is 0 Å². The molecule has 2 heterocycles. The Kier molecular flexibility index (Phi) is 5.27. The van der Waals surface area contributed by atoms with Gasteiger partial charge in [-0.1, -0.05) is 0 Å². The van der Waals surface area contributed by atoms with E-state index in [1.165, 1.54) is 36.5 Å². The predicted octanol–water partition coefficient (Wildman–Crippen LogP) is 1.85. The largest absolute Gasteiger partial charge is 0.382 e. The maximum atomic E-state index is 5.54. The van der Waals surface area contributed by atoms with Crippen LogP contribution in [0.1, 0.15) is 48.8 Å². The van der Waals surface area contributed by atoms with E-state index >= 15 is 0 Å². The van der Waals surface area contributed by atoms with Crippen molar-refractivity contribution < 1.29 is 9.47 Å². The lowest BCUT2D eigenvalue weighted by Gasteiger charge is -2.16. The van der Waals surface area contributed by atoms with Crippen molar-refractivity contribution in [3.8, 4) is 0 Å². The van der Waals surface area contributed by atoms with Crippen molar-refractivity contribution in [1.29, 1.82) is 0 Å². The van der Waals surface area contributed by atoms with Crippen molar-refractivity contribution in [3.05, 3.63) is 17.2 Å². The van der Waals surface area contributed by atoms with E-state index in [0.29, 0.717) is 13.2 Å². The van der Waals surface area contributed by atoms with Gasteiger partial charge in [0.15, 0.2) is 0 Å². The average Bonchev–Trinajstić information content (AvgIpc) is 3.29. The molecule has 0 spiro atoms. The minimum Gasteiger partial charge on any atom is -0.382 e. The van der Waals surface area contributed by atoms with Crippen LogP contribution in [0.15, 0.2) is 0 Å². The van der Waals surface area contributed by atoms with Gasteiger partial charge in [-0.05, 0) is 25.7 Å². The molecule has 1 saturated carbocycles. The molecule has 0 bridgehead atoms. The molecule has 0 atom stereocenters. The van der Waals surface area contributed by atoms with E-state index < -0.39 is 0 Å². The molecule has 1 aliphatic heterocycles. The van der Waals surface area contributed by atoms with E-state index in [4.69, 9.17) is 14.5 Å². The van der Waals surface area contributed by atoms with Crippen LogP contribution in [0, 0.1) is 0 Å². The molecule has 1 aromatic rings. The number of nitrogens with one attached hydrogen (secondary N) is 1. The van der Waals surface area contributed by atoms with Crippen molar-refractivity contribution in [1.82, 2.24) is 14.9 Å².